The Kier molecular flexibility index (Phi) is 3.75. The van der Waals surface area contributed by atoms with Crippen LogP contribution < -0.4 is 5.56 Å². The topological polar surface area (TPSA) is 45.8 Å². The number of aromatic nitrogens is 1. The van der Waals surface area contributed by atoms with Crippen LogP contribution in [0.5, 0.6) is 0 Å². The van der Waals surface area contributed by atoms with Crippen LogP contribution in [0.4, 0.5) is 0 Å². The number of rotatable bonds is 2. The van der Waals surface area contributed by atoms with Gasteiger partial charge in [-0.3, -0.25) is 4.79 Å². The lowest BCUT2D eigenvalue weighted by Gasteiger charge is -2.17. The molecule has 0 atom stereocenters. The minimum Gasteiger partial charge on any atom is -0.313 e. The largest absolute Gasteiger partial charge is 0.313 e. The lowest BCUT2D eigenvalue weighted by Crippen LogP contribution is -2.22. The average molecular weight is 302 g/mol. The van der Waals surface area contributed by atoms with E-state index >= 15 is 0 Å². The van der Waals surface area contributed by atoms with Crippen LogP contribution in [-0.2, 0) is 13.5 Å². The molecule has 114 valence electrons. The van der Waals surface area contributed by atoms with Gasteiger partial charge in [0.2, 0.25) is 0 Å². The molecular formula is C20H18N2O. The van der Waals surface area contributed by atoms with Crippen LogP contribution in [0, 0.1) is 25.2 Å². The van der Waals surface area contributed by atoms with Gasteiger partial charge in [0.15, 0.2) is 0 Å². The summed E-state index contributed by atoms with van der Waals surface area (Å²) in [6.45, 7) is 4.06. The second-order valence-electron chi connectivity index (χ2n) is 5.87. The maximum Gasteiger partial charge on any atom is 0.258 e. The zero-order valence-electron chi connectivity index (χ0n) is 13.6. The Hall–Kier alpha value is -2.86. The van der Waals surface area contributed by atoms with Gasteiger partial charge in [0.1, 0.15) is 0 Å². The molecular weight excluding hydrogens is 284 g/mol. The van der Waals surface area contributed by atoms with E-state index in [4.69, 9.17) is 0 Å². The third kappa shape index (κ3) is 2.43. The van der Waals surface area contributed by atoms with Gasteiger partial charge >= 0.3 is 0 Å². The molecule has 0 aliphatic rings. The summed E-state index contributed by atoms with van der Waals surface area (Å²) >= 11 is 0. The second-order valence-corrected chi connectivity index (χ2v) is 5.87. The van der Waals surface area contributed by atoms with Gasteiger partial charge < -0.3 is 4.57 Å². The van der Waals surface area contributed by atoms with Crippen molar-refractivity contribution in [3.05, 3.63) is 69.6 Å². The lowest BCUT2D eigenvalue weighted by atomic mass is 9.93. The molecule has 1 aromatic heterocycles. The van der Waals surface area contributed by atoms with Crippen LogP contribution in [-0.4, -0.2) is 4.57 Å². The van der Waals surface area contributed by atoms with Gasteiger partial charge in [-0.1, -0.05) is 36.4 Å². The van der Waals surface area contributed by atoms with Gasteiger partial charge in [-0.05, 0) is 42.0 Å². The average Bonchev–Trinajstić information content (AvgIpc) is 2.56. The molecule has 0 amide bonds. The second kappa shape index (κ2) is 5.73. The standard InChI is InChI=1S/C20H18N2O/c1-13-11-16-17(12-14(13)2)20(23)22(3)18(9-10-21)19(16)15-7-5-4-6-8-15/h4-8,11-12H,9H2,1-3H3. The molecule has 2 aromatic carbocycles. The molecule has 3 nitrogen and oxygen atoms in total. The highest BCUT2D eigenvalue weighted by Gasteiger charge is 2.16. The van der Waals surface area contributed by atoms with E-state index in [0.29, 0.717) is 5.39 Å². The molecule has 0 unspecified atom stereocenters. The summed E-state index contributed by atoms with van der Waals surface area (Å²) in [6, 6.07) is 16.2. The first-order chi connectivity index (χ1) is 11.0. The highest BCUT2D eigenvalue weighted by molar-refractivity contribution is 5.98. The highest BCUT2D eigenvalue weighted by atomic mass is 16.1. The molecule has 3 aromatic rings. The Balaban J connectivity index is 2.55. The van der Waals surface area contributed by atoms with Gasteiger partial charge in [0.05, 0.1) is 12.5 Å². The van der Waals surface area contributed by atoms with E-state index < -0.39 is 0 Å². The fourth-order valence-electron chi connectivity index (χ4n) is 3.04. The first-order valence-corrected chi connectivity index (χ1v) is 7.59. The lowest BCUT2D eigenvalue weighted by molar-refractivity contribution is 0.814. The van der Waals surface area contributed by atoms with Gasteiger partial charge in [0, 0.05) is 23.7 Å². The summed E-state index contributed by atoms with van der Waals surface area (Å²) in [6.07, 6.45) is 0.207. The zero-order chi connectivity index (χ0) is 16.6. The van der Waals surface area contributed by atoms with Gasteiger partial charge in [0.25, 0.3) is 5.56 Å². The molecule has 3 heteroatoms. The maximum atomic E-state index is 12.7. The Labute approximate surface area is 135 Å². The molecule has 0 radical (unpaired) electrons. The van der Waals surface area contributed by atoms with Crippen molar-refractivity contribution in [2.45, 2.75) is 20.3 Å². The molecule has 23 heavy (non-hydrogen) atoms. The quantitative estimate of drug-likeness (QED) is 0.721. The summed E-state index contributed by atoms with van der Waals surface area (Å²) in [7, 11) is 1.75. The molecule has 0 fully saturated rings. The van der Waals surface area contributed by atoms with Crippen molar-refractivity contribution >= 4 is 10.8 Å². The van der Waals surface area contributed by atoms with Crippen LogP contribution >= 0.6 is 0 Å². The predicted molar refractivity (Wildman–Crippen MR) is 93.4 cm³/mol. The molecule has 0 saturated carbocycles. The number of hydrogen-bond acceptors (Lipinski definition) is 2. The summed E-state index contributed by atoms with van der Waals surface area (Å²) in [5.41, 5.74) is 4.97. The van der Waals surface area contributed by atoms with Crippen molar-refractivity contribution in [1.82, 2.24) is 4.57 Å². The summed E-state index contributed by atoms with van der Waals surface area (Å²) in [5.74, 6) is 0. The van der Waals surface area contributed by atoms with E-state index in [2.05, 4.69) is 12.1 Å². The Morgan fingerprint density at radius 3 is 2.26 bits per heavy atom. The van der Waals surface area contributed by atoms with E-state index in [0.717, 1.165) is 33.3 Å². The zero-order valence-corrected chi connectivity index (χ0v) is 13.6. The summed E-state index contributed by atoms with van der Waals surface area (Å²) < 4.78 is 1.61. The minimum atomic E-state index is -0.0481. The SMILES string of the molecule is Cc1cc2c(-c3ccccc3)c(CC#N)n(C)c(=O)c2cc1C. The van der Waals surface area contributed by atoms with Crippen molar-refractivity contribution in [3.8, 4) is 17.2 Å². The number of pyridine rings is 1. The summed E-state index contributed by atoms with van der Waals surface area (Å²) in [5, 5.41) is 10.8. The van der Waals surface area contributed by atoms with Gasteiger partial charge in [-0.2, -0.15) is 5.26 Å². The molecule has 0 N–H and O–H groups in total. The smallest absolute Gasteiger partial charge is 0.258 e. The first-order valence-electron chi connectivity index (χ1n) is 7.59. The predicted octanol–water partition coefficient (Wildman–Crippen LogP) is 3.89. The number of nitrogens with zero attached hydrogens (tertiary/aromatic N) is 2. The minimum absolute atomic E-state index is 0.0481. The Bertz CT molecular complexity index is 992. The van der Waals surface area contributed by atoms with E-state index in [1.165, 1.54) is 0 Å². The number of benzene rings is 2. The third-order valence-electron chi connectivity index (χ3n) is 4.44. The first kappa shape index (κ1) is 15.1. The normalized spacial score (nSPS) is 10.7. The Morgan fingerprint density at radius 1 is 1.04 bits per heavy atom. The molecule has 0 saturated heterocycles. The number of aryl methyl sites for hydroxylation is 2. The fraction of sp³-hybridized carbons (Fsp3) is 0.200. The molecule has 0 bridgehead atoms. The van der Waals surface area contributed by atoms with Crippen LogP contribution in [0.1, 0.15) is 16.8 Å². The van der Waals surface area contributed by atoms with Crippen molar-refractivity contribution in [2.75, 3.05) is 0 Å². The van der Waals surface area contributed by atoms with Crippen LogP contribution in [0.15, 0.2) is 47.3 Å². The number of hydrogen-bond donors (Lipinski definition) is 0. The molecule has 0 aliphatic carbocycles. The highest BCUT2D eigenvalue weighted by Crippen LogP contribution is 2.32. The third-order valence-corrected chi connectivity index (χ3v) is 4.44. The van der Waals surface area contributed by atoms with Crippen molar-refractivity contribution in [1.29, 1.82) is 5.26 Å². The van der Waals surface area contributed by atoms with E-state index in [1.54, 1.807) is 11.6 Å². The monoisotopic (exact) mass is 302 g/mol. The van der Waals surface area contributed by atoms with Crippen LogP contribution in [0.25, 0.3) is 21.9 Å². The Morgan fingerprint density at radius 2 is 1.65 bits per heavy atom. The van der Waals surface area contributed by atoms with Crippen LogP contribution in [0.3, 0.4) is 0 Å². The molecule has 1 heterocycles. The number of nitriles is 1. The molecule has 0 spiro atoms. The van der Waals surface area contributed by atoms with Gasteiger partial charge in [-0.25, -0.2) is 0 Å². The van der Waals surface area contributed by atoms with E-state index in [9.17, 15) is 10.1 Å². The fourth-order valence-corrected chi connectivity index (χ4v) is 3.04. The number of fused-ring (bicyclic) bond motifs is 1. The summed E-state index contributed by atoms with van der Waals surface area (Å²) in [4.78, 5) is 12.7. The molecule has 3 rings (SSSR count). The van der Waals surface area contributed by atoms with Crippen molar-refractivity contribution in [3.63, 3.8) is 0 Å². The molecule has 0 aliphatic heterocycles. The maximum absolute atomic E-state index is 12.7. The van der Waals surface area contributed by atoms with Crippen molar-refractivity contribution in [2.24, 2.45) is 7.05 Å². The van der Waals surface area contributed by atoms with E-state index in [1.807, 2.05) is 50.2 Å². The van der Waals surface area contributed by atoms with Crippen molar-refractivity contribution < 1.29 is 0 Å². The van der Waals surface area contributed by atoms with Crippen LogP contribution in [0.2, 0.25) is 0 Å². The van der Waals surface area contributed by atoms with E-state index in [-0.39, 0.29) is 12.0 Å². The van der Waals surface area contributed by atoms with Gasteiger partial charge in [-0.15, -0.1) is 0 Å².